The van der Waals surface area contributed by atoms with Gasteiger partial charge in [0.2, 0.25) is 5.76 Å². The zero-order valence-corrected chi connectivity index (χ0v) is 16.2. The molecule has 5 nitrogen and oxygen atoms in total. The molecule has 1 aliphatic rings. The standard InChI is InChI=1S/C23H15ClN2O3/c1-13-6-5-9-18(25-13)26-20(14-7-3-2-4-8-14)19-21(27)16-12-15(24)10-11-17(16)29-22(19)23(26)28/h2-12,20H,1H3. The van der Waals surface area contributed by atoms with Crippen LogP contribution in [0.4, 0.5) is 5.82 Å². The third-order valence-electron chi connectivity index (χ3n) is 5.07. The van der Waals surface area contributed by atoms with Gasteiger partial charge in [0, 0.05) is 10.7 Å². The summed E-state index contributed by atoms with van der Waals surface area (Å²) in [5.41, 5.74) is 1.95. The Morgan fingerprint density at radius 2 is 1.79 bits per heavy atom. The van der Waals surface area contributed by atoms with Crippen LogP contribution >= 0.6 is 11.6 Å². The molecule has 1 atom stereocenters. The molecule has 1 unspecified atom stereocenters. The largest absolute Gasteiger partial charge is 0.450 e. The van der Waals surface area contributed by atoms with Crippen LogP contribution in [0.25, 0.3) is 11.0 Å². The van der Waals surface area contributed by atoms with Gasteiger partial charge in [0.1, 0.15) is 11.4 Å². The minimum Gasteiger partial charge on any atom is -0.450 e. The fourth-order valence-corrected chi connectivity index (χ4v) is 3.97. The van der Waals surface area contributed by atoms with Crippen molar-refractivity contribution in [3.8, 4) is 0 Å². The number of aryl methyl sites for hydroxylation is 1. The summed E-state index contributed by atoms with van der Waals surface area (Å²) >= 11 is 6.10. The Labute approximate surface area is 171 Å². The third-order valence-corrected chi connectivity index (χ3v) is 5.30. The van der Waals surface area contributed by atoms with Crippen molar-refractivity contribution in [3.63, 3.8) is 0 Å². The van der Waals surface area contributed by atoms with E-state index in [1.54, 1.807) is 24.3 Å². The fourth-order valence-electron chi connectivity index (χ4n) is 3.79. The van der Waals surface area contributed by atoms with Crippen LogP contribution in [0.15, 0.2) is 75.9 Å². The van der Waals surface area contributed by atoms with E-state index in [1.807, 2.05) is 49.4 Å². The summed E-state index contributed by atoms with van der Waals surface area (Å²) in [6, 6.07) is 19.0. The number of rotatable bonds is 2. The maximum Gasteiger partial charge on any atom is 0.296 e. The summed E-state index contributed by atoms with van der Waals surface area (Å²) in [6.45, 7) is 1.86. The number of carbonyl (C=O) groups excluding carboxylic acids is 1. The average molecular weight is 403 g/mol. The number of carbonyl (C=O) groups is 1. The lowest BCUT2D eigenvalue weighted by molar-refractivity contribution is 0.0970. The van der Waals surface area contributed by atoms with E-state index in [4.69, 9.17) is 16.0 Å². The van der Waals surface area contributed by atoms with Gasteiger partial charge >= 0.3 is 0 Å². The zero-order valence-electron chi connectivity index (χ0n) is 15.4. The van der Waals surface area contributed by atoms with Gasteiger partial charge < -0.3 is 4.42 Å². The van der Waals surface area contributed by atoms with Crippen LogP contribution in [0.5, 0.6) is 0 Å². The Bertz CT molecular complexity index is 1330. The predicted octanol–water partition coefficient (Wildman–Crippen LogP) is 4.90. The van der Waals surface area contributed by atoms with E-state index in [0.717, 1.165) is 11.3 Å². The van der Waals surface area contributed by atoms with Crippen LogP contribution in [-0.4, -0.2) is 10.9 Å². The summed E-state index contributed by atoms with van der Waals surface area (Å²) in [6.07, 6.45) is 0. The number of hydrogen-bond donors (Lipinski definition) is 0. The minimum absolute atomic E-state index is 0.0435. The van der Waals surface area contributed by atoms with Gasteiger partial charge in [-0.15, -0.1) is 0 Å². The molecule has 0 fully saturated rings. The molecule has 0 radical (unpaired) electrons. The topological polar surface area (TPSA) is 63.4 Å². The first kappa shape index (κ1) is 17.6. The summed E-state index contributed by atoms with van der Waals surface area (Å²) < 4.78 is 5.91. The molecule has 2 aromatic carbocycles. The van der Waals surface area contributed by atoms with Gasteiger partial charge in [0.15, 0.2) is 5.43 Å². The normalized spacial score (nSPS) is 15.7. The van der Waals surface area contributed by atoms with Crippen molar-refractivity contribution in [3.05, 3.63) is 105 Å². The monoisotopic (exact) mass is 402 g/mol. The van der Waals surface area contributed by atoms with E-state index >= 15 is 0 Å². The van der Waals surface area contributed by atoms with Gasteiger partial charge in [-0.1, -0.05) is 48.0 Å². The summed E-state index contributed by atoms with van der Waals surface area (Å²) in [5.74, 6) is 0.125. The second-order valence-electron chi connectivity index (χ2n) is 6.94. The van der Waals surface area contributed by atoms with Crippen molar-refractivity contribution in [2.45, 2.75) is 13.0 Å². The lowest BCUT2D eigenvalue weighted by Gasteiger charge is -2.24. The Morgan fingerprint density at radius 3 is 2.55 bits per heavy atom. The number of fused-ring (bicyclic) bond motifs is 2. The first-order valence-electron chi connectivity index (χ1n) is 9.13. The fraction of sp³-hybridized carbons (Fsp3) is 0.0870. The maximum atomic E-state index is 13.4. The molecule has 5 rings (SSSR count). The third kappa shape index (κ3) is 2.74. The van der Waals surface area contributed by atoms with Crippen molar-refractivity contribution >= 4 is 34.3 Å². The van der Waals surface area contributed by atoms with Gasteiger partial charge in [-0.25, -0.2) is 4.98 Å². The molecule has 0 bridgehead atoms. The number of benzene rings is 2. The molecule has 6 heteroatoms. The quantitative estimate of drug-likeness (QED) is 0.478. The van der Waals surface area contributed by atoms with Gasteiger partial charge in [-0.05, 0) is 42.8 Å². The lowest BCUT2D eigenvalue weighted by atomic mass is 9.98. The number of aromatic nitrogens is 1. The van der Waals surface area contributed by atoms with Gasteiger partial charge in [0.25, 0.3) is 5.91 Å². The van der Waals surface area contributed by atoms with Crippen LogP contribution in [0.3, 0.4) is 0 Å². The molecule has 0 N–H and O–H groups in total. The van der Waals surface area contributed by atoms with Gasteiger partial charge in [-0.2, -0.15) is 0 Å². The highest BCUT2D eigenvalue weighted by Gasteiger charge is 2.44. The minimum atomic E-state index is -0.632. The highest BCUT2D eigenvalue weighted by Crippen LogP contribution is 2.40. The van der Waals surface area contributed by atoms with Gasteiger partial charge in [0.05, 0.1) is 17.0 Å². The molecule has 1 aliphatic heterocycles. The molecule has 2 aromatic heterocycles. The first-order chi connectivity index (χ1) is 14.0. The smallest absolute Gasteiger partial charge is 0.296 e. The summed E-state index contributed by atoms with van der Waals surface area (Å²) in [7, 11) is 0. The molecule has 0 aliphatic carbocycles. The van der Waals surface area contributed by atoms with Crippen LogP contribution in [0, 0.1) is 6.92 Å². The Balaban J connectivity index is 1.84. The lowest BCUT2D eigenvalue weighted by Crippen LogP contribution is -2.30. The number of nitrogens with zero attached hydrogens (tertiary/aromatic N) is 2. The second-order valence-corrected chi connectivity index (χ2v) is 7.38. The Kier molecular flexibility index (Phi) is 4.00. The average Bonchev–Trinajstić information content (AvgIpc) is 3.02. The molecule has 0 saturated heterocycles. The number of anilines is 1. The molecule has 4 aromatic rings. The van der Waals surface area contributed by atoms with E-state index in [2.05, 4.69) is 4.98 Å². The van der Waals surface area contributed by atoms with Crippen molar-refractivity contribution < 1.29 is 9.21 Å². The van der Waals surface area contributed by atoms with E-state index in [-0.39, 0.29) is 17.1 Å². The molecule has 142 valence electrons. The van der Waals surface area contributed by atoms with E-state index in [0.29, 0.717) is 27.4 Å². The number of hydrogen-bond acceptors (Lipinski definition) is 4. The van der Waals surface area contributed by atoms with Crippen LogP contribution in [0.1, 0.15) is 33.4 Å². The van der Waals surface area contributed by atoms with Crippen LogP contribution in [0.2, 0.25) is 5.02 Å². The van der Waals surface area contributed by atoms with E-state index < -0.39 is 6.04 Å². The SMILES string of the molecule is Cc1cccc(N2C(=O)c3oc4ccc(Cl)cc4c(=O)c3C2c2ccccc2)n1. The highest BCUT2D eigenvalue weighted by atomic mass is 35.5. The Hall–Kier alpha value is -3.44. The molecule has 1 amide bonds. The molecule has 0 spiro atoms. The highest BCUT2D eigenvalue weighted by molar-refractivity contribution is 6.31. The number of amides is 1. The first-order valence-corrected chi connectivity index (χ1v) is 9.51. The maximum absolute atomic E-state index is 13.4. The zero-order chi connectivity index (χ0) is 20.1. The summed E-state index contributed by atoms with van der Waals surface area (Å²) in [5, 5.41) is 0.784. The molecular weight excluding hydrogens is 388 g/mol. The Morgan fingerprint density at radius 1 is 1.00 bits per heavy atom. The molecule has 29 heavy (non-hydrogen) atoms. The molecular formula is C23H15ClN2O3. The van der Waals surface area contributed by atoms with Crippen molar-refractivity contribution in [1.82, 2.24) is 4.98 Å². The van der Waals surface area contributed by atoms with Gasteiger partial charge in [-0.3, -0.25) is 14.5 Å². The van der Waals surface area contributed by atoms with Crippen LogP contribution in [-0.2, 0) is 0 Å². The van der Waals surface area contributed by atoms with Crippen molar-refractivity contribution in [2.75, 3.05) is 4.90 Å². The number of pyridine rings is 1. The van der Waals surface area contributed by atoms with Crippen LogP contribution < -0.4 is 10.3 Å². The van der Waals surface area contributed by atoms with Crippen molar-refractivity contribution in [1.29, 1.82) is 0 Å². The van der Waals surface area contributed by atoms with Crippen molar-refractivity contribution in [2.24, 2.45) is 0 Å². The molecule has 3 heterocycles. The summed E-state index contributed by atoms with van der Waals surface area (Å²) in [4.78, 5) is 32.9. The van der Waals surface area contributed by atoms with E-state index in [1.165, 1.54) is 4.90 Å². The van der Waals surface area contributed by atoms with E-state index in [9.17, 15) is 9.59 Å². The predicted molar refractivity (Wildman–Crippen MR) is 112 cm³/mol. The second kappa shape index (κ2) is 6.57. The molecule has 0 saturated carbocycles. The number of halogens is 1.